The molecule has 3 aromatic rings. The molecule has 0 unspecified atom stereocenters. The number of nitrogens with two attached hydrogens (primary N) is 1. The first kappa shape index (κ1) is 14.1. The number of halogens is 1. The van der Waals surface area contributed by atoms with Crippen LogP contribution in [0.5, 0.6) is 0 Å². The summed E-state index contributed by atoms with van der Waals surface area (Å²) < 4.78 is 1.01. The summed E-state index contributed by atoms with van der Waals surface area (Å²) in [5.41, 5.74) is 10.2. The van der Waals surface area contributed by atoms with Crippen molar-refractivity contribution in [3.63, 3.8) is 0 Å². The zero-order valence-electron chi connectivity index (χ0n) is 12.3. The van der Waals surface area contributed by atoms with Crippen LogP contribution in [-0.2, 0) is 0 Å². The summed E-state index contributed by atoms with van der Waals surface area (Å²) in [6.45, 7) is 6.30. The number of aryl methyl sites for hydroxylation is 1. The molecule has 3 N–H and O–H groups in total. The Hall–Kier alpha value is -1.81. The Morgan fingerprint density at radius 1 is 1.29 bits per heavy atom. The second-order valence-corrected chi connectivity index (χ2v) is 6.55. The Balaban J connectivity index is 2.47. The normalized spacial score (nSPS) is 11.7. The van der Waals surface area contributed by atoms with Crippen LogP contribution in [0.2, 0.25) is 0 Å². The van der Waals surface area contributed by atoms with Crippen LogP contribution in [0.3, 0.4) is 0 Å². The van der Waals surface area contributed by atoms with Gasteiger partial charge in [-0.2, -0.15) is 0 Å². The number of aromatic nitrogens is 1. The maximum absolute atomic E-state index is 11.7. The molecule has 0 saturated heterocycles. The third-order valence-corrected chi connectivity index (χ3v) is 4.97. The number of aromatic amines is 1. The van der Waals surface area contributed by atoms with E-state index < -0.39 is 5.91 Å². The number of amides is 1. The molecule has 0 radical (unpaired) electrons. The lowest BCUT2D eigenvalue weighted by atomic mass is 10.0. The molecule has 1 heterocycles. The Morgan fingerprint density at radius 2 is 2.00 bits per heavy atom. The minimum absolute atomic E-state index is 0.411. The molecular formula is C17H17BrN2O. The highest BCUT2D eigenvalue weighted by Crippen LogP contribution is 2.36. The standard InChI is InChI=1S/C17H17BrN2O/c1-8(2)10-4-5-11-13(7-10)20-16-12(17(19)21)6-9(3)15(18)14(11)16/h4-8,20H,1-3H3,(H2,19,21). The summed E-state index contributed by atoms with van der Waals surface area (Å²) >= 11 is 3.64. The van der Waals surface area contributed by atoms with E-state index in [4.69, 9.17) is 5.73 Å². The first-order chi connectivity index (χ1) is 9.90. The first-order valence-electron chi connectivity index (χ1n) is 6.94. The predicted molar refractivity (Wildman–Crippen MR) is 90.8 cm³/mol. The van der Waals surface area contributed by atoms with Gasteiger partial charge in [0.15, 0.2) is 0 Å². The third kappa shape index (κ3) is 2.14. The molecule has 0 aliphatic heterocycles. The Bertz CT molecular complexity index is 877. The zero-order chi connectivity index (χ0) is 15.3. The molecule has 1 aromatic heterocycles. The van der Waals surface area contributed by atoms with Crippen LogP contribution in [0, 0.1) is 6.92 Å². The highest BCUT2D eigenvalue weighted by Gasteiger charge is 2.17. The van der Waals surface area contributed by atoms with Gasteiger partial charge in [0.25, 0.3) is 5.91 Å². The minimum Gasteiger partial charge on any atom is -0.366 e. The summed E-state index contributed by atoms with van der Waals surface area (Å²) in [4.78, 5) is 15.1. The van der Waals surface area contributed by atoms with Crippen molar-refractivity contribution in [2.45, 2.75) is 26.7 Å². The highest BCUT2D eigenvalue weighted by molar-refractivity contribution is 9.10. The van der Waals surface area contributed by atoms with Gasteiger partial charge < -0.3 is 10.7 Å². The van der Waals surface area contributed by atoms with Gasteiger partial charge in [-0.25, -0.2) is 0 Å². The molecule has 0 saturated carbocycles. The molecule has 1 amide bonds. The van der Waals surface area contributed by atoms with Gasteiger partial charge in [0.1, 0.15) is 0 Å². The molecule has 0 aliphatic carbocycles. The lowest BCUT2D eigenvalue weighted by molar-refractivity contribution is 0.100. The molecular weight excluding hydrogens is 328 g/mol. The number of H-pyrrole nitrogens is 1. The number of hydrogen-bond donors (Lipinski definition) is 2. The Morgan fingerprint density at radius 3 is 2.62 bits per heavy atom. The molecule has 3 nitrogen and oxygen atoms in total. The van der Waals surface area contributed by atoms with Crippen LogP contribution in [0.15, 0.2) is 28.7 Å². The fraction of sp³-hybridized carbons (Fsp3) is 0.235. The molecule has 2 aromatic carbocycles. The molecule has 3 rings (SSSR count). The van der Waals surface area contributed by atoms with Gasteiger partial charge >= 0.3 is 0 Å². The van der Waals surface area contributed by atoms with Crippen molar-refractivity contribution in [3.8, 4) is 0 Å². The molecule has 0 aliphatic rings. The van der Waals surface area contributed by atoms with Crippen molar-refractivity contribution >= 4 is 43.6 Å². The average Bonchev–Trinajstić information content (AvgIpc) is 2.80. The second-order valence-electron chi connectivity index (χ2n) is 5.75. The Kier molecular flexibility index (Phi) is 3.29. The summed E-state index contributed by atoms with van der Waals surface area (Å²) in [7, 11) is 0. The molecule has 0 fully saturated rings. The van der Waals surface area contributed by atoms with E-state index in [0.29, 0.717) is 11.5 Å². The molecule has 0 spiro atoms. The van der Waals surface area contributed by atoms with E-state index in [2.05, 4.69) is 53.0 Å². The van der Waals surface area contributed by atoms with Gasteiger partial charge in [0, 0.05) is 20.8 Å². The van der Waals surface area contributed by atoms with Crippen molar-refractivity contribution in [2.75, 3.05) is 0 Å². The lowest BCUT2D eigenvalue weighted by Crippen LogP contribution is -2.12. The maximum Gasteiger partial charge on any atom is 0.250 e. The van der Waals surface area contributed by atoms with Gasteiger partial charge in [-0.15, -0.1) is 0 Å². The van der Waals surface area contributed by atoms with E-state index in [1.54, 1.807) is 0 Å². The van der Waals surface area contributed by atoms with Crippen molar-refractivity contribution in [3.05, 3.63) is 45.4 Å². The van der Waals surface area contributed by atoms with Crippen LogP contribution in [0.1, 0.15) is 41.3 Å². The fourth-order valence-electron chi connectivity index (χ4n) is 2.75. The van der Waals surface area contributed by atoms with Gasteiger partial charge in [0.05, 0.1) is 11.1 Å². The fourth-order valence-corrected chi connectivity index (χ4v) is 3.27. The topological polar surface area (TPSA) is 58.9 Å². The van der Waals surface area contributed by atoms with Crippen molar-refractivity contribution in [1.82, 2.24) is 4.98 Å². The quantitative estimate of drug-likeness (QED) is 0.700. The van der Waals surface area contributed by atoms with Crippen LogP contribution in [0.25, 0.3) is 21.8 Å². The number of primary amides is 1. The number of fused-ring (bicyclic) bond motifs is 3. The SMILES string of the molecule is Cc1cc(C(N)=O)c2[nH]c3cc(C(C)C)ccc3c2c1Br. The van der Waals surface area contributed by atoms with Gasteiger partial charge in [0.2, 0.25) is 0 Å². The molecule has 0 atom stereocenters. The number of carbonyl (C=O) groups is 1. The first-order valence-corrected chi connectivity index (χ1v) is 7.73. The average molecular weight is 345 g/mol. The highest BCUT2D eigenvalue weighted by atomic mass is 79.9. The third-order valence-electron chi connectivity index (χ3n) is 3.95. The number of carbonyl (C=O) groups excluding carboxylic acids is 1. The largest absolute Gasteiger partial charge is 0.366 e. The van der Waals surface area contributed by atoms with E-state index in [0.717, 1.165) is 31.8 Å². The molecule has 21 heavy (non-hydrogen) atoms. The van der Waals surface area contributed by atoms with E-state index in [9.17, 15) is 4.79 Å². The van der Waals surface area contributed by atoms with E-state index in [-0.39, 0.29) is 0 Å². The van der Waals surface area contributed by atoms with Gasteiger partial charge in [-0.3, -0.25) is 4.79 Å². The molecule has 108 valence electrons. The van der Waals surface area contributed by atoms with Crippen molar-refractivity contribution in [2.24, 2.45) is 5.73 Å². The van der Waals surface area contributed by atoms with Crippen LogP contribution in [-0.4, -0.2) is 10.9 Å². The smallest absolute Gasteiger partial charge is 0.250 e. The van der Waals surface area contributed by atoms with Gasteiger partial charge in [-0.05, 0) is 52.0 Å². The lowest BCUT2D eigenvalue weighted by Gasteiger charge is -2.06. The van der Waals surface area contributed by atoms with Crippen molar-refractivity contribution < 1.29 is 4.79 Å². The monoisotopic (exact) mass is 344 g/mol. The number of rotatable bonds is 2. The summed E-state index contributed by atoms with van der Waals surface area (Å²) in [5, 5.41) is 2.13. The van der Waals surface area contributed by atoms with E-state index >= 15 is 0 Å². The zero-order valence-corrected chi connectivity index (χ0v) is 13.8. The number of hydrogen-bond acceptors (Lipinski definition) is 1. The summed E-state index contributed by atoms with van der Waals surface area (Å²) in [5.74, 6) is 0.0489. The summed E-state index contributed by atoms with van der Waals surface area (Å²) in [6.07, 6.45) is 0. The Labute approximate surface area is 131 Å². The minimum atomic E-state index is -0.411. The van der Waals surface area contributed by atoms with Gasteiger partial charge in [-0.1, -0.05) is 26.0 Å². The van der Waals surface area contributed by atoms with Crippen LogP contribution < -0.4 is 5.73 Å². The van der Waals surface area contributed by atoms with Crippen LogP contribution >= 0.6 is 15.9 Å². The van der Waals surface area contributed by atoms with E-state index in [1.165, 1.54) is 5.56 Å². The van der Waals surface area contributed by atoms with Crippen molar-refractivity contribution in [1.29, 1.82) is 0 Å². The number of benzene rings is 2. The summed E-state index contributed by atoms with van der Waals surface area (Å²) in [6, 6.07) is 8.22. The van der Waals surface area contributed by atoms with Crippen LogP contribution in [0.4, 0.5) is 0 Å². The van der Waals surface area contributed by atoms with E-state index in [1.807, 2.05) is 13.0 Å². The molecule has 4 heteroatoms. The second kappa shape index (κ2) is 4.88. The predicted octanol–water partition coefficient (Wildman–Crippen LogP) is 4.61. The maximum atomic E-state index is 11.7. The number of nitrogens with one attached hydrogen (secondary N) is 1. The molecule has 0 bridgehead atoms.